The number of carboxylic acids is 1. The summed E-state index contributed by atoms with van der Waals surface area (Å²) in [7, 11) is 0. The summed E-state index contributed by atoms with van der Waals surface area (Å²) in [5, 5.41) is 29.8. The molecule has 0 saturated heterocycles. The Bertz CT molecular complexity index is 624. The van der Waals surface area contributed by atoms with Crippen molar-refractivity contribution in [2.75, 3.05) is 0 Å². The number of hydrogen-bond donors (Lipinski definition) is 2. The number of carbonyl (C=O) groups is 1. The van der Waals surface area contributed by atoms with Crippen LogP contribution in [0.15, 0.2) is 29.4 Å². The van der Waals surface area contributed by atoms with Gasteiger partial charge in [-0.3, -0.25) is 4.79 Å². The summed E-state index contributed by atoms with van der Waals surface area (Å²) in [6.07, 6.45) is 1.87. The first-order valence-corrected chi connectivity index (χ1v) is 7.00. The molecule has 1 atom stereocenters. The van der Waals surface area contributed by atoms with Gasteiger partial charge in [-0.25, -0.2) is 0 Å². The lowest BCUT2D eigenvalue weighted by atomic mass is 10.3. The number of phenols is 1. The van der Waals surface area contributed by atoms with Gasteiger partial charge in [0.05, 0.1) is 5.69 Å². The molecule has 0 spiro atoms. The summed E-state index contributed by atoms with van der Waals surface area (Å²) in [4.78, 5) is 11.3. The molecule has 1 fully saturated rings. The van der Waals surface area contributed by atoms with E-state index in [1.807, 2.05) is 0 Å². The van der Waals surface area contributed by atoms with Gasteiger partial charge >= 0.3 is 5.97 Å². The van der Waals surface area contributed by atoms with Crippen molar-refractivity contribution < 1.29 is 15.0 Å². The SMILES string of the molecule is O=C(O)C(Sc1nnnn1-c1ccc(O)cc1)C1CC1. The molecule has 1 aliphatic carbocycles. The molecule has 0 radical (unpaired) electrons. The molecule has 20 heavy (non-hydrogen) atoms. The Balaban J connectivity index is 1.86. The number of nitrogens with zero attached hydrogens (tertiary/aromatic N) is 4. The Hall–Kier alpha value is -2.09. The van der Waals surface area contributed by atoms with Crippen LogP contribution in [0.25, 0.3) is 5.69 Å². The van der Waals surface area contributed by atoms with E-state index < -0.39 is 11.2 Å². The number of carboxylic acid groups (broad SMARTS) is 1. The maximum absolute atomic E-state index is 11.3. The quantitative estimate of drug-likeness (QED) is 0.801. The van der Waals surface area contributed by atoms with E-state index in [0.717, 1.165) is 24.6 Å². The number of aliphatic carboxylic acids is 1. The summed E-state index contributed by atoms with van der Waals surface area (Å²) in [6, 6.07) is 6.40. The zero-order valence-electron chi connectivity index (χ0n) is 10.4. The Kier molecular flexibility index (Phi) is 3.31. The van der Waals surface area contributed by atoms with Crippen LogP contribution in [0.3, 0.4) is 0 Å². The van der Waals surface area contributed by atoms with E-state index in [0.29, 0.717) is 10.8 Å². The van der Waals surface area contributed by atoms with E-state index in [1.54, 1.807) is 12.1 Å². The molecule has 8 heteroatoms. The maximum Gasteiger partial charge on any atom is 0.317 e. The maximum atomic E-state index is 11.3. The second-order valence-corrected chi connectivity index (χ2v) is 5.71. The minimum Gasteiger partial charge on any atom is -0.508 e. The fraction of sp³-hybridized carbons (Fsp3) is 0.333. The Morgan fingerprint density at radius 1 is 1.35 bits per heavy atom. The van der Waals surface area contributed by atoms with Crippen molar-refractivity contribution in [3.63, 3.8) is 0 Å². The smallest absolute Gasteiger partial charge is 0.317 e. The van der Waals surface area contributed by atoms with Crippen LogP contribution in [0.1, 0.15) is 12.8 Å². The molecule has 7 nitrogen and oxygen atoms in total. The van der Waals surface area contributed by atoms with Crippen LogP contribution < -0.4 is 0 Å². The van der Waals surface area contributed by atoms with Gasteiger partial charge in [0.2, 0.25) is 5.16 Å². The number of aromatic hydroxyl groups is 1. The van der Waals surface area contributed by atoms with Crippen molar-refractivity contribution in [1.29, 1.82) is 0 Å². The van der Waals surface area contributed by atoms with Crippen LogP contribution in [0.2, 0.25) is 0 Å². The molecule has 1 aromatic carbocycles. The van der Waals surface area contributed by atoms with Crippen molar-refractivity contribution in [2.24, 2.45) is 5.92 Å². The Morgan fingerprint density at radius 3 is 2.65 bits per heavy atom. The van der Waals surface area contributed by atoms with E-state index in [-0.39, 0.29) is 11.7 Å². The first-order valence-electron chi connectivity index (χ1n) is 6.12. The third-order valence-corrected chi connectivity index (χ3v) is 4.37. The first-order chi connectivity index (χ1) is 9.65. The molecule has 1 saturated carbocycles. The highest BCUT2D eigenvalue weighted by atomic mass is 32.2. The second kappa shape index (κ2) is 5.12. The first kappa shape index (κ1) is 12.9. The average molecular weight is 292 g/mol. The van der Waals surface area contributed by atoms with E-state index in [1.165, 1.54) is 16.8 Å². The number of aromatic nitrogens is 4. The molecule has 0 aliphatic heterocycles. The van der Waals surface area contributed by atoms with E-state index >= 15 is 0 Å². The highest BCUT2D eigenvalue weighted by molar-refractivity contribution is 8.00. The zero-order chi connectivity index (χ0) is 14.1. The van der Waals surface area contributed by atoms with Crippen molar-refractivity contribution in [3.8, 4) is 11.4 Å². The van der Waals surface area contributed by atoms with Crippen LogP contribution >= 0.6 is 11.8 Å². The number of phenolic OH excluding ortho intramolecular Hbond substituents is 1. The van der Waals surface area contributed by atoms with Gasteiger partial charge in [-0.1, -0.05) is 11.8 Å². The molecular weight excluding hydrogens is 280 g/mol. The molecular formula is C12H12N4O3S. The highest BCUT2D eigenvalue weighted by Gasteiger charge is 2.38. The fourth-order valence-corrected chi connectivity index (χ4v) is 2.99. The van der Waals surface area contributed by atoms with Crippen molar-refractivity contribution >= 4 is 17.7 Å². The van der Waals surface area contributed by atoms with Crippen molar-refractivity contribution in [3.05, 3.63) is 24.3 Å². The lowest BCUT2D eigenvalue weighted by Crippen LogP contribution is -2.19. The highest BCUT2D eigenvalue weighted by Crippen LogP contribution is 2.41. The van der Waals surface area contributed by atoms with Gasteiger partial charge in [0.25, 0.3) is 0 Å². The largest absolute Gasteiger partial charge is 0.508 e. The summed E-state index contributed by atoms with van der Waals surface area (Å²) >= 11 is 1.16. The molecule has 0 bridgehead atoms. The van der Waals surface area contributed by atoms with Crippen LogP contribution in [0, 0.1) is 5.92 Å². The van der Waals surface area contributed by atoms with Crippen LogP contribution in [-0.4, -0.2) is 41.6 Å². The summed E-state index contributed by atoms with van der Waals surface area (Å²) < 4.78 is 1.47. The molecule has 1 aromatic heterocycles. The van der Waals surface area contributed by atoms with Gasteiger partial charge in [-0.05, 0) is 53.5 Å². The summed E-state index contributed by atoms with van der Waals surface area (Å²) in [5.74, 6) is -0.488. The number of benzene rings is 1. The third-order valence-electron chi connectivity index (χ3n) is 3.06. The van der Waals surface area contributed by atoms with Crippen LogP contribution in [0.4, 0.5) is 0 Å². The molecule has 1 unspecified atom stereocenters. The molecule has 0 amide bonds. The van der Waals surface area contributed by atoms with Crippen LogP contribution in [-0.2, 0) is 4.79 Å². The van der Waals surface area contributed by atoms with Gasteiger partial charge in [-0.2, -0.15) is 4.68 Å². The number of hydrogen-bond acceptors (Lipinski definition) is 6. The fourth-order valence-electron chi connectivity index (χ4n) is 1.87. The number of rotatable bonds is 5. The Morgan fingerprint density at radius 2 is 2.05 bits per heavy atom. The van der Waals surface area contributed by atoms with Gasteiger partial charge in [0, 0.05) is 0 Å². The minimum atomic E-state index is -0.835. The van der Waals surface area contributed by atoms with Crippen LogP contribution in [0.5, 0.6) is 5.75 Å². The topological polar surface area (TPSA) is 101 Å². The molecule has 1 heterocycles. The van der Waals surface area contributed by atoms with Crippen molar-refractivity contribution in [2.45, 2.75) is 23.2 Å². The monoisotopic (exact) mass is 292 g/mol. The lowest BCUT2D eigenvalue weighted by Gasteiger charge is -2.10. The predicted molar refractivity (Wildman–Crippen MR) is 70.8 cm³/mol. The van der Waals surface area contributed by atoms with E-state index in [4.69, 9.17) is 0 Å². The molecule has 3 rings (SSSR count). The average Bonchev–Trinajstić information content (AvgIpc) is 3.15. The zero-order valence-corrected chi connectivity index (χ0v) is 11.2. The van der Waals surface area contributed by atoms with E-state index in [2.05, 4.69) is 15.5 Å². The summed E-state index contributed by atoms with van der Waals surface area (Å²) in [6.45, 7) is 0. The van der Waals surface area contributed by atoms with Gasteiger partial charge in [0.15, 0.2) is 0 Å². The second-order valence-electron chi connectivity index (χ2n) is 4.60. The van der Waals surface area contributed by atoms with Gasteiger partial charge in [-0.15, -0.1) is 5.10 Å². The van der Waals surface area contributed by atoms with Gasteiger partial charge in [0.1, 0.15) is 11.0 Å². The third kappa shape index (κ3) is 2.60. The summed E-state index contributed by atoms with van der Waals surface area (Å²) in [5.41, 5.74) is 0.676. The van der Waals surface area contributed by atoms with E-state index in [9.17, 15) is 15.0 Å². The predicted octanol–water partition coefficient (Wildman–Crippen LogP) is 1.32. The molecule has 1 aliphatic rings. The van der Waals surface area contributed by atoms with Gasteiger partial charge < -0.3 is 10.2 Å². The normalized spacial score (nSPS) is 16.0. The Labute approximate surface area is 118 Å². The molecule has 104 valence electrons. The molecule has 2 N–H and O–H groups in total. The minimum absolute atomic E-state index is 0.150. The lowest BCUT2D eigenvalue weighted by molar-refractivity contribution is -0.136. The number of tetrazole rings is 1. The van der Waals surface area contributed by atoms with Crippen molar-refractivity contribution in [1.82, 2.24) is 20.2 Å². The molecule has 2 aromatic rings. The standard InChI is InChI=1S/C12H12N4O3S/c17-9-5-3-8(4-6-9)16-12(13-14-15-16)20-10(11(18)19)7-1-2-7/h3-7,10,17H,1-2H2,(H,18,19). The number of thioether (sulfide) groups is 1.